The Morgan fingerprint density at radius 3 is 2.61 bits per heavy atom. The van der Waals surface area contributed by atoms with Gasteiger partial charge < -0.3 is 16.0 Å². The molecule has 3 N–H and O–H groups in total. The lowest BCUT2D eigenvalue weighted by Crippen LogP contribution is -2.36. The molecule has 1 heterocycles. The summed E-state index contributed by atoms with van der Waals surface area (Å²) >= 11 is 0. The van der Waals surface area contributed by atoms with Crippen LogP contribution >= 0.6 is 0 Å². The van der Waals surface area contributed by atoms with Crippen LogP contribution in [0.15, 0.2) is 60.3 Å². The Morgan fingerprint density at radius 2 is 1.94 bits per heavy atom. The maximum absolute atomic E-state index is 13.1. The Morgan fingerprint density at radius 1 is 1.21 bits per heavy atom. The van der Waals surface area contributed by atoms with Crippen LogP contribution in [-0.2, 0) is 0 Å². The first-order valence-corrected chi connectivity index (χ1v) is 10.9. The number of hydrogen-bond acceptors (Lipinski definition) is 4. The number of halogens is 3. The van der Waals surface area contributed by atoms with Gasteiger partial charge in [0, 0.05) is 53.7 Å². The number of nitrogens with one attached hydrogen (secondary N) is 1. The van der Waals surface area contributed by atoms with Gasteiger partial charge in [-0.05, 0) is 50.6 Å². The highest BCUT2D eigenvalue weighted by Crippen LogP contribution is 2.36. The summed E-state index contributed by atoms with van der Waals surface area (Å²) in [4.78, 5) is 19.4. The van der Waals surface area contributed by atoms with E-state index in [9.17, 15) is 18.0 Å². The van der Waals surface area contributed by atoms with Gasteiger partial charge in [0.05, 0.1) is 11.3 Å². The number of nitrogen functional groups attached to an aromatic ring is 1. The van der Waals surface area contributed by atoms with Gasteiger partial charge in [-0.25, -0.2) is 0 Å². The number of benzene rings is 1. The van der Waals surface area contributed by atoms with Gasteiger partial charge in [0.1, 0.15) is 0 Å². The van der Waals surface area contributed by atoms with E-state index in [0.29, 0.717) is 23.4 Å². The van der Waals surface area contributed by atoms with Crippen molar-refractivity contribution in [1.82, 2.24) is 10.3 Å². The molecule has 0 radical (unpaired) electrons. The first kappa shape index (κ1) is 24.4. The fourth-order valence-electron chi connectivity index (χ4n) is 3.89. The molecule has 0 saturated heterocycles. The van der Waals surface area contributed by atoms with E-state index in [1.165, 1.54) is 18.3 Å². The third-order valence-electron chi connectivity index (χ3n) is 5.83. The van der Waals surface area contributed by atoms with E-state index in [1.54, 1.807) is 19.1 Å². The summed E-state index contributed by atoms with van der Waals surface area (Å²) in [6, 6.07) is 8.94. The van der Waals surface area contributed by atoms with Crippen molar-refractivity contribution < 1.29 is 18.0 Å². The van der Waals surface area contributed by atoms with E-state index in [2.05, 4.69) is 29.0 Å². The Labute approximate surface area is 192 Å². The van der Waals surface area contributed by atoms with E-state index in [0.717, 1.165) is 30.4 Å². The van der Waals surface area contributed by atoms with Crippen molar-refractivity contribution in [3.05, 3.63) is 65.9 Å². The van der Waals surface area contributed by atoms with E-state index in [4.69, 9.17) is 5.73 Å². The molecule has 2 aromatic rings. The zero-order valence-corrected chi connectivity index (χ0v) is 19.0. The summed E-state index contributed by atoms with van der Waals surface area (Å²) in [6.45, 7) is 7.59. The van der Waals surface area contributed by atoms with Crippen LogP contribution in [0.1, 0.15) is 37.6 Å². The lowest BCUT2D eigenvalue weighted by molar-refractivity contribution is -0.0893. The Hall–Kier alpha value is -3.29. The van der Waals surface area contributed by atoms with Crippen molar-refractivity contribution in [2.75, 3.05) is 30.3 Å². The number of anilines is 2. The van der Waals surface area contributed by atoms with Crippen LogP contribution in [0.25, 0.3) is 11.3 Å². The van der Waals surface area contributed by atoms with Gasteiger partial charge in [-0.15, -0.1) is 0 Å². The van der Waals surface area contributed by atoms with E-state index in [-0.39, 0.29) is 12.5 Å². The largest absolute Gasteiger partial charge is 0.416 e. The average Bonchev–Trinajstić information content (AvgIpc) is 2.79. The van der Waals surface area contributed by atoms with Gasteiger partial charge in [-0.1, -0.05) is 25.2 Å². The Balaban J connectivity index is 1.79. The number of amides is 1. The van der Waals surface area contributed by atoms with Crippen molar-refractivity contribution in [1.29, 1.82) is 0 Å². The SMILES string of the molecule is CCN(CC)c1ccc(N)c(-c2cc(C(=O)NCC3(C)C=C(C(F)(F)F)C=CC3)ccn2)c1. The molecule has 0 saturated carbocycles. The minimum atomic E-state index is -4.41. The molecule has 1 aromatic heterocycles. The van der Waals surface area contributed by atoms with Crippen LogP contribution in [-0.4, -0.2) is 36.7 Å². The van der Waals surface area contributed by atoms with Crippen LogP contribution in [0.3, 0.4) is 0 Å². The number of carbonyl (C=O) groups is 1. The number of carbonyl (C=O) groups excluding carboxylic acids is 1. The smallest absolute Gasteiger partial charge is 0.398 e. The van der Waals surface area contributed by atoms with E-state index < -0.39 is 17.2 Å². The second-order valence-corrected chi connectivity index (χ2v) is 8.41. The van der Waals surface area contributed by atoms with Crippen LogP contribution in [0.4, 0.5) is 24.5 Å². The topological polar surface area (TPSA) is 71.2 Å². The molecule has 5 nitrogen and oxygen atoms in total. The van der Waals surface area contributed by atoms with Gasteiger partial charge in [-0.2, -0.15) is 13.2 Å². The summed E-state index contributed by atoms with van der Waals surface area (Å²) in [5.74, 6) is -0.380. The molecule has 1 aromatic carbocycles. The summed E-state index contributed by atoms with van der Waals surface area (Å²) in [5.41, 5.74) is 7.86. The lowest BCUT2D eigenvalue weighted by Gasteiger charge is -2.29. The first-order chi connectivity index (χ1) is 15.6. The van der Waals surface area contributed by atoms with E-state index in [1.807, 2.05) is 18.2 Å². The van der Waals surface area contributed by atoms with Gasteiger partial charge in [0.2, 0.25) is 0 Å². The van der Waals surface area contributed by atoms with Crippen LogP contribution in [0.5, 0.6) is 0 Å². The molecule has 0 fully saturated rings. The molecule has 33 heavy (non-hydrogen) atoms. The number of nitrogens with zero attached hydrogens (tertiary/aromatic N) is 2. The summed E-state index contributed by atoms with van der Waals surface area (Å²) in [6.07, 6.45) is 1.27. The lowest BCUT2D eigenvalue weighted by atomic mass is 9.81. The molecule has 0 bridgehead atoms. The van der Waals surface area contributed by atoms with Gasteiger partial charge in [-0.3, -0.25) is 9.78 Å². The molecule has 1 aliphatic rings. The molecule has 1 aliphatic carbocycles. The predicted molar refractivity (Wildman–Crippen MR) is 126 cm³/mol. The molecule has 0 spiro atoms. The second kappa shape index (κ2) is 9.68. The number of pyridine rings is 1. The Kier molecular flexibility index (Phi) is 7.15. The van der Waals surface area contributed by atoms with Crippen LogP contribution < -0.4 is 16.0 Å². The number of nitrogens with two attached hydrogens (primary N) is 1. The molecule has 1 amide bonds. The normalized spacial score (nSPS) is 18.1. The standard InChI is InChI=1S/C25H29F3N4O/c1-4-32(5-2)19-8-9-21(29)20(14-19)22-13-17(10-12-30-22)23(33)31-16-24(3)11-6-7-18(15-24)25(26,27)28/h6-10,12-15H,4-5,11,16,29H2,1-3H3,(H,31,33). The molecule has 1 atom stereocenters. The third kappa shape index (κ3) is 5.74. The first-order valence-electron chi connectivity index (χ1n) is 10.9. The maximum Gasteiger partial charge on any atom is 0.416 e. The summed E-state index contributed by atoms with van der Waals surface area (Å²) in [7, 11) is 0. The molecule has 3 rings (SSSR count). The van der Waals surface area contributed by atoms with Gasteiger partial charge in [0.15, 0.2) is 0 Å². The monoisotopic (exact) mass is 458 g/mol. The number of aromatic nitrogens is 1. The highest BCUT2D eigenvalue weighted by Gasteiger charge is 2.36. The van der Waals surface area contributed by atoms with Crippen LogP contribution in [0.2, 0.25) is 0 Å². The van der Waals surface area contributed by atoms with Crippen molar-refractivity contribution >= 4 is 17.3 Å². The number of allylic oxidation sites excluding steroid dienone is 3. The molecular weight excluding hydrogens is 429 g/mol. The van der Waals surface area contributed by atoms with Crippen LogP contribution in [0, 0.1) is 5.41 Å². The summed E-state index contributed by atoms with van der Waals surface area (Å²) < 4.78 is 39.2. The van der Waals surface area contributed by atoms with Crippen molar-refractivity contribution in [2.24, 2.45) is 5.41 Å². The zero-order chi connectivity index (χ0) is 24.2. The quantitative estimate of drug-likeness (QED) is 0.548. The minimum Gasteiger partial charge on any atom is -0.398 e. The van der Waals surface area contributed by atoms with Crippen molar-refractivity contribution in [3.63, 3.8) is 0 Å². The fourth-order valence-corrected chi connectivity index (χ4v) is 3.89. The number of hydrogen-bond donors (Lipinski definition) is 2. The average molecular weight is 459 g/mol. The Bertz CT molecular complexity index is 1070. The highest BCUT2D eigenvalue weighted by molar-refractivity contribution is 5.95. The van der Waals surface area contributed by atoms with E-state index >= 15 is 0 Å². The van der Waals surface area contributed by atoms with Gasteiger partial charge >= 0.3 is 6.18 Å². The van der Waals surface area contributed by atoms with Gasteiger partial charge in [0.25, 0.3) is 5.91 Å². The minimum absolute atomic E-state index is 0.0764. The molecule has 8 heteroatoms. The maximum atomic E-state index is 13.1. The predicted octanol–water partition coefficient (Wildman–Crippen LogP) is 5.36. The molecule has 0 aliphatic heterocycles. The third-order valence-corrected chi connectivity index (χ3v) is 5.83. The molecule has 1 unspecified atom stereocenters. The molecule has 176 valence electrons. The van der Waals surface area contributed by atoms with Crippen molar-refractivity contribution in [2.45, 2.75) is 33.4 Å². The highest BCUT2D eigenvalue weighted by atomic mass is 19.4. The molecular formula is C25H29F3N4O. The second-order valence-electron chi connectivity index (χ2n) is 8.41. The summed E-state index contributed by atoms with van der Waals surface area (Å²) in [5, 5.41) is 2.77. The van der Waals surface area contributed by atoms with Crippen molar-refractivity contribution in [3.8, 4) is 11.3 Å². The number of alkyl halides is 3. The fraction of sp³-hybridized carbons (Fsp3) is 0.360. The zero-order valence-electron chi connectivity index (χ0n) is 19.0. The number of rotatable bonds is 7.